The summed E-state index contributed by atoms with van der Waals surface area (Å²) in [5.74, 6) is -2.70. The van der Waals surface area contributed by atoms with E-state index < -0.39 is 36.8 Å². The van der Waals surface area contributed by atoms with E-state index in [0.717, 1.165) is 18.3 Å². The van der Waals surface area contributed by atoms with Gasteiger partial charge in [-0.25, -0.2) is 0 Å². The lowest BCUT2D eigenvalue weighted by Crippen LogP contribution is -2.30. The Morgan fingerprint density at radius 3 is 2.14 bits per heavy atom. The van der Waals surface area contributed by atoms with E-state index in [2.05, 4.69) is 5.10 Å². The molecule has 0 unspecified atom stereocenters. The lowest BCUT2D eigenvalue weighted by atomic mass is 10.1. The van der Waals surface area contributed by atoms with Crippen LogP contribution < -0.4 is 0 Å². The molecule has 1 aromatic carbocycles. The first-order valence-electron chi connectivity index (χ1n) is 5.59. The van der Waals surface area contributed by atoms with Crippen LogP contribution in [0.1, 0.15) is 11.1 Å². The molecule has 0 aromatic heterocycles. The average molecular weight is 304 g/mol. The number of nitrogens with zero attached hydrogens (tertiary/aromatic N) is 2. The lowest BCUT2D eigenvalue weighted by Gasteiger charge is -2.14. The van der Waals surface area contributed by atoms with Gasteiger partial charge in [0.05, 0.1) is 11.8 Å². The number of carboxylic acids is 2. The van der Waals surface area contributed by atoms with Crippen LogP contribution in [-0.2, 0) is 15.8 Å². The molecule has 9 heteroatoms. The monoisotopic (exact) mass is 304 g/mol. The van der Waals surface area contributed by atoms with Crippen molar-refractivity contribution in [3.63, 3.8) is 0 Å². The number of hydrogen-bond donors (Lipinski definition) is 2. The number of hydrazone groups is 1. The fraction of sp³-hybridized carbons (Fsp3) is 0.250. The third kappa shape index (κ3) is 5.51. The van der Waals surface area contributed by atoms with Crippen LogP contribution in [0, 0.1) is 0 Å². The Balaban J connectivity index is 3.01. The van der Waals surface area contributed by atoms with E-state index in [0.29, 0.717) is 5.01 Å². The Labute approximate surface area is 117 Å². The molecule has 0 aliphatic heterocycles. The van der Waals surface area contributed by atoms with Gasteiger partial charge in [0.2, 0.25) is 0 Å². The molecule has 0 atom stereocenters. The standard InChI is InChI=1S/C12H11F3N2O4/c13-12(14,15)9-4-2-1-3-8(9)5-16-17(6-10(18)19)7-11(20)21/h1-5H,6-7H2,(H,18,19)(H,20,21)/b16-5-. The first-order valence-corrected chi connectivity index (χ1v) is 5.59. The van der Waals surface area contributed by atoms with Crippen molar-refractivity contribution in [1.82, 2.24) is 5.01 Å². The number of halogens is 3. The van der Waals surface area contributed by atoms with Crippen molar-refractivity contribution < 1.29 is 33.0 Å². The Bertz CT molecular complexity index is 542. The molecule has 6 nitrogen and oxygen atoms in total. The Morgan fingerprint density at radius 2 is 1.67 bits per heavy atom. The number of rotatable bonds is 6. The number of benzene rings is 1. The number of aliphatic carboxylic acids is 2. The molecule has 0 amide bonds. The molecule has 0 saturated heterocycles. The molecule has 0 bridgehead atoms. The van der Waals surface area contributed by atoms with Gasteiger partial charge >= 0.3 is 18.1 Å². The molecule has 0 fully saturated rings. The third-order valence-electron chi connectivity index (χ3n) is 2.26. The molecular weight excluding hydrogens is 293 g/mol. The van der Waals surface area contributed by atoms with E-state index in [-0.39, 0.29) is 5.56 Å². The van der Waals surface area contributed by atoms with Crippen LogP contribution in [-0.4, -0.2) is 46.5 Å². The van der Waals surface area contributed by atoms with Crippen LogP contribution >= 0.6 is 0 Å². The maximum atomic E-state index is 12.7. The predicted octanol–water partition coefficient (Wildman–Crippen LogP) is 1.51. The predicted molar refractivity (Wildman–Crippen MR) is 65.9 cm³/mol. The second-order valence-corrected chi connectivity index (χ2v) is 3.94. The zero-order valence-corrected chi connectivity index (χ0v) is 10.5. The Hall–Kier alpha value is -2.58. The van der Waals surface area contributed by atoms with E-state index in [9.17, 15) is 22.8 Å². The van der Waals surface area contributed by atoms with Gasteiger partial charge in [-0.1, -0.05) is 18.2 Å². The fourth-order valence-corrected chi connectivity index (χ4v) is 1.46. The molecule has 21 heavy (non-hydrogen) atoms. The van der Waals surface area contributed by atoms with E-state index >= 15 is 0 Å². The maximum absolute atomic E-state index is 12.7. The zero-order valence-electron chi connectivity index (χ0n) is 10.5. The number of hydrogen-bond acceptors (Lipinski definition) is 4. The molecule has 2 N–H and O–H groups in total. The van der Waals surface area contributed by atoms with Crippen LogP contribution in [0.15, 0.2) is 29.4 Å². The minimum absolute atomic E-state index is 0.286. The summed E-state index contributed by atoms with van der Waals surface area (Å²) in [4.78, 5) is 21.1. The second kappa shape index (κ2) is 6.73. The second-order valence-electron chi connectivity index (χ2n) is 3.94. The molecule has 1 rings (SSSR count). The first-order chi connectivity index (χ1) is 9.70. The average Bonchev–Trinajstić information content (AvgIpc) is 2.34. The van der Waals surface area contributed by atoms with Gasteiger partial charge in [-0.2, -0.15) is 18.3 Å². The van der Waals surface area contributed by atoms with Crippen LogP contribution in [0.25, 0.3) is 0 Å². The van der Waals surface area contributed by atoms with Gasteiger partial charge in [-0.3, -0.25) is 14.6 Å². The van der Waals surface area contributed by atoms with Crippen molar-refractivity contribution in [2.24, 2.45) is 5.10 Å². The molecule has 0 saturated carbocycles. The summed E-state index contributed by atoms with van der Waals surface area (Å²) in [6.45, 7) is -1.48. The zero-order chi connectivity index (χ0) is 16.0. The third-order valence-corrected chi connectivity index (χ3v) is 2.26. The fourth-order valence-electron chi connectivity index (χ4n) is 1.46. The molecule has 0 spiro atoms. The highest BCUT2D eigenvalue weighted by molar-refractivity contribution is 5.82. The smallest absolute Gasteiger partial charge is 0.417 e. The summed E-state index contributed by atoms with van der Waals surface area (Å²) < 4.78 is 38.2. The summed E-state index contributed by atoms with van der Waals surface area (Å²) >= 11 is 0. The van der Waals surface area contributed by atoms with E-state index in [1.807, 2.05) is 0 Å². The van der Waals surface area contributed by atoms with Gasteiger partial charge in [-0.05, 0) is 6.07 Å². The highest BCUT2D eigenvalue weighted by Gasteiger charge is 2.32. The number of carbonyl (C=O) groups is 2. The SMILES string of the molecule is O=C(O)CN(CC(=O)O)/N=C\c1ccccc1C(F)(F)F. The quantitative estimate of drug-likeness (QED) is 0.614. The minimum atomic E-state index is -4.59. The molecule has 0 radical (unpaired) electrons. The van der Waals surface area contributed by atoms with Crippen molar-refractivity contribution in [3.05, 3.63) is 35.4 Å². The molecular formula is C12H11F3N2O4. The summed E-state index contributed by atoms with van der Waals surface area (Å²) in [7, 11) is 0. The Kier molecular flexibility index (Phi) is 5.28. The molecule has 114 valence electrons. The van der Waals surface area contributed by atoms with E-state index in [1.165, 1.54) is 12.1 Å². The van der Waals surface area contributed by atoms with Gasteiger partial charge in [0.25, 0.3) is 0 Å². The molecule has 0 aliphatic carbocycles. The van der Waals surface area contributed by atoms with Crippen molar-refractivity contribution in [1.29, 1.82) is 0 Å². The van der Waals surface area contributed by atoms with Crippen molar-refractivity contribution in [2.45, 2.75) is 6.18 Å². The van der Waals surface area contributed by atoms with Gasteiger partial charge in [0, 0.05) is 5.56 Å². The summed E-state index contributed by atoms with van der Waals surface area (Å²) in [5, 5.41) is 21.3. The van der Waals surface area contributed by atoms with Crippen LogP contribution in [0.2, 0.25) is 0 Å². The normalized spacial score (nSPS) is 11.6. The Morgan fingerprint density at radius 1 is 1.14 bits per heavy atom. The molecule has 0 heterocycles. The van der Waals surface area contributed by atoms with Crippen LogP contribution in [0.5, 0.6) is 0 Å². The van der Waals surface area contributed by atoms with E-state index in [1.54, 1.807) is 0 Å². The van der Waals surface area contributed by atoms with Crippen LogP contribution in [0.4, 0.5) is 13.2 Å². The summed E-state index contributed by atoms with van der Waals surface area (Å²) in [5.41, 5.74) is -1.23. The van der Waals surface area contributed by atoms with Gasteiger partial charge < -0.3 is 10.2 Å². The number of carboxylic acid groups (broad SMARTS) is 2. The first kappa shape index (κ1) is 16.5. The highest BCUT2D eigenvalue weighted by atomic mass is 19.4. The maximum Gasteiger partial charge on any atom is 0.417 e. The molecule has 0 aliphatic rings. The number of alkyl halides is 3. The lowest BCUT2D eigenvalue weighted by molar-refractivity contribution is -0.142. The van der Waals surface area contributed by atoms with Gasteiger partial charge in [0.1, 0.15) is 13.1 Å². The van der Waals surface area contributed by atoms with Gasteiger partial charge in [0.15, 0.2) is 0 Å². The van der Waals surface area contributed by atoms with Crippen molar-refractivity contribution in [2.75, 3.05) is 13.1 Å². The van der Waals surface area contributed by atoms with E-state index in [4.69, 9.17) is 10.2 Å². The van der Waals surface area contributed by atoms with Crippen LogP contribution in [0.3, 0.4) is 0 Å². The summed E-state index contributed by atoms with van der Waals surface area (Å²) in [6, 6.07) is 4.55. The largest absolute Gasteiger partial charge is 0.480 e. The van der Waals surface area contributed by atoms with Gasteiger partial charge in [-0.15, -0.1) is 0 Å². The highest BCUT2D eigenvalue weighted by Crippen LogP contribution is 2.31. The minimum Gasteiger partial charge on any atom is -0.480 e. The molecule has 1 aromatic rings. The van der Waals surface area contributed by atoms with Crippen molar-refractivity contribution >= 4 is 18.2 Å². The van der Waals surface area contributed by atoms with Crippen molar-refractivity contribution in [3.8, 4) is 0 Å². The summed E-state index contributed by atoms with van der Waals surface area (Å²) in [6.07, 6.45) is -3.80. The topological polar surface area (TPSA) is 90.2 Å².